The number of piperidine rings is 1. The second-order valence-electron chi connectivity index (χ2n) is 6.32. The van der Waals surface area contributed by atoms with Gasteiger partial charge in [-0.1, -0.05) is 30.7 Å². The fourth-order valence-corrected chi connectivity index (χ4v) is 4.03. The van der Waals surface area contributed by atoms with E-state index in [2.05, 4.69) is 22.3 Å². The molecule has 0 aromatic heterocycles. The van der Waals surface area contributed by atoms with Crippen LogP contribution in [0.25, 0.3) is 10.8 Å². The lowest BCUT2D eigenvalue weighted by Crippen LogP contribution is -2.41. The fraction of sp³-hybridized carbons (Fsp3) is 0.444. The number of benzene rings is 2. The maximum atomic E-state index is 10.0. The van der Waals surface area contributed by atoms with Crippen molar-refractivity contribution >= 4 is 16.5 Å². The van der Waals surface area contributed by atoms with E-state index in [1.54, 1.807) is 6.07 Å². The molecule has 2 aromatic carbocycles. The van der Waals surface area contributed by atoms with Gasteiger partial charge in [-0.2, -0.15) is 0 Å². The summed E-state index contributed by atoms with van der Waals surface area (Å²) in [5.41, 5.74) is 1.15. The van der Waals surface area contributed by atoms with Gasteiger partial charge in [0.2, 0.25) is 0 Å². The van der Waals surface area contributed by atoms with Crippen molar-refractivity contribution in [3.63, 3.8) is 0 Å². The standard InChI is InChI=1S/C18H22N2O/c21-18-9-4-5-13-14(18)6-3-7-15(13)19-16-10-12-20-11-2-1-8-17(16)20/h3-7,9,16-17,19,21H,1-2,8,10-12H2. The molecule has 0 bridgehead atoms. The van der Waals surface area contributed by atoms with E-state index in [0.717, 1.165) is 16.5 Å². The Morgan fingerprint density at radius 1 is 0.952 bits per heavy atom. The number of fused-ring (bicyclic) bond motifs is 2. The van der Waals surface area contributed by atoms with Gasteiger partial charge in [0.25, 0.3) is 0 Å². The molecule has 2 fully saturated rings. The van der Waals surface area contributed by atoms with Gasteiger partial charge in [0.05, 0.1) is 0 Å². The molecule has 2 saturated heterocycles. The van der Waals surface area contributed by atoms with Gasteiger partial charge in [-0.3, -0.25) is 4.90 Å². The summed E-state index contributed by atoms with van der Waals surface area (Å²) in [4.78, 5) is 2.64. The van der Waals surface area contributed by atoms with Gasteiger partial charge >= 0.3 is 0 Å². The number of rotatable bonds is 2. The number of hydrogen-bond acceptors (Lipinski definition) is 3. The highest BCUT2D eigenvalue weighted by Gasteiger charge is 2.35. The maximum absolute atomic E-state index is 10.0. The molecule has 3 heteroatoms. The predicted molar refractivity (Wildman–Crippen MR) is 86.9 cm³/mol. The molecule has 110 valence electrons. The Bertz CT molecular complexity index is 655. The third-order valence-electron chi connectivity index (χ3n) is 5.10. The van der Waals surface area contributed by atoms with Crippen LogP contribution in [0.15, 0.2) is 36.4 Å². The second kappa shape index (κ2) is 5.23. The minimum Gasteiger partial charge on any atom is -0.507 e. The molecule has 2 atom stereocenters. The van der Waals surface area contributed by atoms with Crippen LogP contribution >= 0.6 is 0 Å². The number of hydrogen-bond donors (Lipinski definition) is 2. The lowest BCUT2D eigenvalue weighted by atomic mass is 9.98. The first-order valence-electron chi connectivity index (χ1n) is 8.04. The molecular formula is C18H22N2O. The second-order valence-corrected chi connectivity index (χ2v) is 6.32. The topological polar surface area (TPSA) is 35.5 Å². The molecule has 0 aliphatic carbocycles. The van der Waals surface area contributed by atoms with E-state index < -0.39 is 0 Å². The van der Waals surface area contributed by atoms with Crippen molar-refractivity contribution in [3.8, 4) is 5.75 Å². The fourth-order valence-electron chi connectivity index (χ4n) is 4.03. The Kier molecular flexibility index (Phi) is 3.23. The first-order valence-corrected chi connectivity index (χ1v) is 8.04. The third-order valence-corrected chi connectivity index (χ3v) is 5.10. The SMILES string of the molecule is Oc1cccc2c(NC3CCN4CCCCC34)cccc12. The number of phenolic OH excluding ortho intramolecular Hbond substituents is 1. The molecule has 2 aromatic rings. The zero-order valence-corrected chi connectivity index (χ0v) is 12.3. The lowest BCUT2D eigenvalue weighted by molar-refractivity contribution is 0.193. The average molecular weight is 282 g/mol. The highest BCUT2D eigenvalue weighted by Crippen LogP contribution is 2.33. The van der Waals surface area contributed by atoms with E-state index in [1.807, 2.05) is 18.2 Å². The van der Waals surface area contributed by atoms with Gasteiger partial charge in [-0.15, -0.1) is 0 Å². The lowest BCUT2D eigenvalue weighted by Gasteiger charge is -2.33. The molecule has 4 rings (SSSR count). The summed E-state index contributed by atoms with van der Waals surface area (Å²) >= 11 is 0. The summed E-state index contributed by atoms with van der Waals surface area (Å²) in [5.74, 6) is 0.363. The quantitative estimate of drug-likeness (QED) is 0.883. The number of aromatic hydroxyl groups is 1. The molecule has 0 spiro atoms. The van der Waals surface area contributed by atoms with Crippen LogP contribution in [0.3, 0.4) is 0 Å². The molecule has 2 N–H and O–H groups in total. The van der Waals surface area contributed by atoms with E-state index in [-0.39, 0.29) is 0 Å². The van der Waals surface area contributed by atoms with Crippen molar-refractivity contribution < 1.29 is 5.11 Å². The molecule has 2 unspecified atom stereocenters. The van der Waals surface area contributed by atoms with Gasteiger partial charge < -0.3 is 10.4 Å². The minimum absolute atomic E-state index is 0.363. The van der Waals surface area contributed by atoms with Crippen molar-refractivity contribution in [2.45, 2.75) is 37.8 Å². The maximum Gasteiger partial charge on any atom is 0.123 e. The van der Waals surface area contributed by atoms with Crippen LogP contribution in [0.4, 0.5) is 5.69 Å². The Morgan fingerprint density at radius 3 is 2.76 bits per heavy atom. The van der Waals surface area contributed by atoms with Gasteiger partial charge in [-0.05, 0) is 37.9 Å². The van der Waals surface area contributed by atoms with Crippen LogP contribution < -0.4 is 5.32 Å². The van der Waals surface area contributed by atoms with E-state index in [9.17, 15) is 5.11 Å². The van der Waals surface area contributed by atoms with Crippen LogP contribution in [-0.4, -0.2) is 35.2 Å². The Hall–Kier alpha value is -1.74. The van der Waals surface area contributed by atoms with E-state index in [0.29, 0.717) is 17.8 Å². The molecule has 3 nitrogen and oxygen atoms in total. The average Bonchev–Trinajstić information content (AvgIpc) is 2.92. The van der Waals surface area contributed by atoms with Crippen LogP contribution in [-0.2, 0) is 0 Å². The Labute approximate surface area is 125 Å². The van der Waals surface area contributed by atoms with Gasteiger partial charge in [0, 0.05) is 35.1 Å². The van der Waals surface area contributed by atoms with Crippen molar-refractivity contribution in [2.24, 2.45) is 0 Å². The zero-order valence-electron chi connectivity index (χ0n) is 12.3. The normalized spacial score (nSPS) is 25.9. The van der Waals surface area contributed by atoms with E-state index >= 15 is 0 Å². The highest BCUT2D eigenvalue weighted by atomic mass is 16.3. The van der Waals surface area contributed by atoms with Gasteiger partial charge in [0.1, 0.15) is 5.75 Å². The van der Waals surface area contributed by atoms with Gasteiger partial charge in [-0.25, -0.2) is 0 Å². The van der Waals surface area contributed by atoms with Crippen LogP contribution in [0.2, 0.25) is 0 Å². The van der Waals surface area contributed by atoms with E-state index in [1.165, 1.54) is 38.8 Å². The molecule has 0 radical (unpaired) electrons. The van der Waals surface area contributed by atoms with Crippen LogP contribution in [0.5, 0.6) is 5.75 Å². The van der Waals surface area contributed by atoms with Gasteiger partial charge in [0.15, 0.2) is 0 Å². The molecule has 0 amide bonds. The van der Waals surface area contributed by atoms with Crippen molar-refractivity contribution in [1.82, 2.24) is 4.90 Å². The number of nitrogens with one attached hydrogen (secondary N) is 1. The first-order chi connectivity index (χ1) is 10.3. The highest BCUT2D eigenvalue weighted by molar-refractivity contribution is 5.97. The summed E-state index contributed by atoms with van der Waals surface area (Å²) in [5, 5.41) is 15.8. The predicted octanol–water partition coefficient (Wildman–Crippen LogP) is 3.58. The number of anilines is 1. The Morgan fingerprint density at radius 2 is 1.81 bits per heavy atom. The molecule has 2 aliphatic heterocycles. The Balaban J connectivity index is 1.64. The summed E-state index contributed by atoms with van der Waals surface area (Å²) in [6.07, 6.45) is 5.24. The van der Waals surface area contributed by atoms with Crippen molar-refractivity contribution in [1.29, 1.82) is 0 Å². The number of nitrogens with zero attached hydrogens (tertiary/aromatic N) is 1. The summed E-state index contributed by atoms with van der Waals surface area (Å²) in [7, 11) is 0. The smallest absolute Gasteiger partial charge is 0.123 e. The van der Waals surface area contributed by atoms with Crippen molar-refractivity contribution in [3.05, 3.63) is 36.4 Å². The number of phenols is 1. The zero-order chi connectivity index (χ0) is 14.2. The van der Waals surface area contributed by atoms with Crippen molar-refractivity contribution in [2.75, 3.05) is 18.4 Å². The monoisotopic (exact) mass is 282 g/mol. The molecule has 0 saturated carbocycles. The summed E-state index contributed by atoms with van der Waals surface area (Å²) in [6, 6.07) is 13.1. The molecule has 2 aliphatic rings. The minimum atomic E-state index is 0.363. The molecule has 21 heavy (non-hydrogen) atoms. The van der Waals surface area contributed by atoms with Crippen LogP contribution in [0, 0.1) is 0 Å². The summed E-state index contributed by atoms with van der Waals surface area (Å²) in [6.45, 7) is 2.48. The van der Waals surface area contributed by atoms with E-state index in [4.69, 9.17) is 0 Å². The molecule has 2 heterocycles. The van der Waals surface area contributed by atoms with Crippen LogP contribution in [0.1, 0.15) is 25.7 Å². The third kappa shape index (κ3) is 2.26. The largest absolute Gasteiger partial charge is 0.507 e. The molecular weight excluding hydrogens is 260 g/mol. The first kappa shape index (κ1) is 13.0. The summed E-state index contributed by atoms with van der Waals surface area (Å²) < 4.78 is 0.